The van der Waals surface area contributed by atoms with Crippen LogP contribution in [0, 0.1) is 11.7 Å². The first-order valence-electron chi connectivity index (χ1n) is 8.13. The molecule has 0 N–H and O–H groups in total. The molecule has 0 unspecified atom stereocenters. The topological polar surface area (TPSA) is 12.9 Å². The summed E-state index contributed by atoms with van der Waals surface area (Å²) in [5, 5.41) is 0. The quantitative estimate of drug-likeness (QED) is 0.614. The average Bonchev–Trinajstić information content (AvgIpc) is 2.52. The van der Waals surface area contributed by atoms with Crippen LogP contribution in [0.2, 0.25) is 0 Å². The van der Waals surface area contributed by atoms with Crippen LogP contribution in [0.4, 0.5) is 17.6 Å². The second-order valence-electron chi connectivity index (χ2n) is 6.69. The van der Waals surface area contributed by atoms with E-state index in [9.17, 15) is 17.6 Å². The Bertz CT molecular complexity index is 750. The van der Waals surface area contributed by atoms with Gasteiger partial charge in [0.2, 0.25) is 0 Å². The highest BCUT2D eigenvalue weighted by atomic mass is 19.4. The Balaban J connectivity index is 2.08. The van der Waals surface area contributed by atoms with E-state index in [0.29, 0.717) is 17.4 Å². The van der Waals surface area contributed by atoms with Gasteiger partial charge in [0.15, 0.2) is 0 Å². The smallest absolute Gasteiger partial charge is 0.264 e. The first kappa shape index (κ1) is 16.9. The third-order valence-electron chi connectivity index (χ3n) is 4.82. The summed E-state index contributed by atoms with van der Waals surface area (Å²) in [4.78, 5) is 4.26. The van der Waals surface area contributed by atoms with E-state index >= 15 is 0 Å². The van der Waals surface area contributed by atoms with Crippen LogP contribution in [0.15, 0.2) is 30.6 Å². The number of halogens is 4. The van der Waals surface area contributed by atoms with Crippen LogP contribution >= 0.6 is 0 Å². The Kier molecular flexibility index (Phi) is 4.37. The van der Waals surface area contributed by atoms with Crippen molar-refractivity contribution in [2.75, 3.05) is 0 Å². The maximum absolute atomic E-state index is 13.9. The van der Waals surface area contributed by atoms with Gasteiger partial charge in [0.1, 0.15) is 5.82 Å². The lowest BCUT2D eigenvalue weighted by Gasteiger charge is -2.29. The van der Waals surface area contributed by atoms with Crippen LogP contribution in [0.25, 0.3) is 11.1 Å². The fourth-order valence-electron chi connectivity index (χ4n) is 3.61. The number of benzene rings is 1. The molecule has 1 nitrogen and oxygen atoms in total. The molecular weight excluding hydrogens is 318 g/mol. The van der Waals surface area contributed by atoms with Crippen LogP contribution in [0.1, 0.15) is 49.3 Å². The number of aromatic nitrogens is 1. The van der Waals surface area contributed by atoms with E-state index in [1.165, 1.54) is 6.07 Å². The number of alkyl halides is 3. The lowest BCUT2D eigenvalue weighted by Crippen LogP contribution is -2.16. The van der Waals surface area contributed by atoms with Crippen LogP contribution in [-0.2, 0) is 12.6 Å². The van der Waals surface area contributed by atoms with E-state index in [0.717, 1.165) is 48.1 Å². The van der Waals surface area contributed by atoms with Crippen molar-refractivity contribution in [1.29, 1.82) is 0 Å². The Morgan fingerprint density at radius 3 is 2.54 bits per heavy atom. The molecule has 0 spiro atoms. The molecule has 1 aliphatic rings. The second kappa shape index (κ2) is 6.19. The number of hydrogen-bond acceptors (Lipinski definition) is 1. The van der Waals surface area contributed by atoms with Crippen LogP contribution in [-0.4, -0.2) is 4.98 Å². The van der Waals surface area contributed by atoms with E-state index in [1.54, 1.807) is 6.20 Å². The van der Waals surface area contributed by atoms with E-state index in [2.05, 4.69) is 18.8 Å². The van der Waals surface area contributed by atoms with E-state index in [1.807, 2.05) is 6.20 Å². The molecule has 2 aromatic rings. The minimum Gasteiger partial charge on any atom is -0.264 e. The van der Waals surface area contributed by atoms with Gasteiger partial charge in [0.25, 0.3) is 0 Å². The number of rotatable bonds is 2. The Morgan fingerprint density at radius 2 is 1.92 bits per heavy atom. The van der Waals surface area contributed by atoms with Crippen LogP contribution in [0.3, 0.4) is 0 Å². The maximum Gasteiger partial charge on any atom is 0.419 e. The summed E-state index contributed by atoms with van der Waals surface area (Å²) in [6, 6.07) is 3.12. The number of pyridine rings is 1. The second-order valence-corrected chi connectivity index (χ2v) is 6.69. The van der Waals surface area contributed by atoms with Crippen LogP contribution in [0.5, 0.6) is 0 Å². The highest BCUT2D eigenvalue weighted by molar-refractivity contribution is 5.69. The first-order valence-corrected chi connectivity index (χ1v) is 8.13. The Morgan fingerprint density at radius 1 is 1.17 bits per heavy atom. The normalized spacial score (nSPS) is 17.9. The maximum atomic E-state index is 13.9. The summed E-state index contributed by atoms with van der Waals surface area (Å²) in [7, 11) is 0. The molecule has 24 heavy (non-hydrogen) atoms. The molecule has 1 aliphatic carbocycles. The molecule has 1 heterocycles. The molecule has 5 heteroatoms. The molecule has 1 aromatic carbocycles. The molecule has 0 aliphatic heterocycles. The zero-order valence-electron chi connectivity index (χ0n) is 13.6. The third-order valence-corrected chi connectivity index (χ3v) is 4.82. The molecule has 0 saturated carbocycles. The summed E-state index contributed by atoms with van der Waals surface area (Å²) in [5.41, 5.74) is 2.20. The van der Waals surface area contributed by atoms with Gasteiger partial charge >= 0.3 is 6.18 Å². The number of nitrogens with zero attached hydrogens (tertiary/aromatic N) is 1. The molecule has 0 amide bonds. The third kappa shape index (κ3) is 3.04. The fourth-order valence-corrected chi connectivity index (χ4v) is 3.61. The Hall–Kier alpha value is -1.91. The first-order chi connectivity index (χ1) is 11.3. The lowest BCUT2D eigenvalue weighted by atomic mass is 9.76. The minimum atomic E-state index is -4.68. The van der Waals surface area contributed by atoms with Crippen molar-refractivity contribution >= 4 is 0 Å². The van der Waals surface area contributed by atoms with Crippen molar-refractivity contribution in [1.82, 2.24) is 4.98 Å². The average molecular weight is 337 g/mol. The van der Waals surface area contributed by atoms with Crippen molar-refractivity contribution in [3.8, 4) is 11.1 Å². The van der Waals surface area contributed by atoms with Crippen molar-refractivity contribution in [3.63, 3.8) is 0 Å². The van der Waals surface area contributed by atoms with Gasteiger partial charge in [-0.05, 0) is 59.9 Å². The molecule has 1 aromatic heterocycles. The minimum absolute atomic E-state index is 0.389. The monoisotopic (exact) mass is 337 g/mol. The molecule has 0 saturated heterocycles. The number of hydrogen-bond donors (Lipinski definition) is 0. The summed E-state index contributed by atoms with van der Waals surface area (Å²) in [5.74, 6) is -0.389. The number of fused-ring (bicyclic) bond motifs is 1. The molecule has 0 bridgehead atoms. The standard InChI is InChI=1S/C19H19F4N/c1-11(2)13-4-3-5-14-15(9-24-10-16(13)14)12-6-7-17(18(20)8-12)19(21,22)23/h6-11,13H,3-5H2,1-2H3/t13-/m0/s1. The highest BCUT2D eigenvalue weighted by Crippen LogP contribution is 2.41. The summed E-state index contributed by atoms with van der Waals surface area (Å²) >= 11 is 0. The lowest BCUT2D eigenvalue weighted by molar-refractivity contribution is -0.139. The zero-order valence-corrected chi connectivity index (χ0v) is 13.6. The zero-order chi connectivity index (χ0) is 17.5. The van der Waals surface area contributed by atoms with Crippen molar-refractivity contribution in [2.24, 2.45) is 5.92 Å². The molecule has 0 fully saturated rings. The van der Waals surface area contributed by atoms with Gasteiger partial charge in [-0.2, -0.15) is 13.2 Å². The van der Waals surface area contributed by atoms with Gasteiger partial charge in [0.05, 0.1) is 5.56 Å². The summed E-state index contributed by atoms with van der Waals surface area (Å²) in [6.07, 6.45) is 1.75. The van der Waals surface area contributed by atoms with E-state index in [-0.39, 0.29) is 0 Å². The predicted molar refractivity (Wildman–Crippen MR) is 85.2 cm³/mol. The van der Waals surface area contributed by atoms with Gasteiger partial charge in [-0.3, -0.25) is 4.98 Å². The molecular formula is C19H19F4N. The van der Waals surface area contributed by atoms with E-state index < -0.39 is 17.6 Å². The molecule has 0 radical (unpaired) electrons. The molecule has 3 rings (SSSR count). The van der Waals surface area contributed by atoms with Crippen molar-refractivity contribution in [2.45, 2.75) is 45.2 Å². The van der Waals surface area contributed by atoms with Gasteiger partial charge in [0, 0.05) is 18.0 Å². The van der Waals surface area contributed by atoms with Gasteiger partial charge < -0.3 is 0 Å². The van der Waals surface area contributed by atoms with Crippen molar-refractivity contribution < 1.29 is 17.6 Å². The molecule has 128 valence electrons. The fraction of sp³-hybridized carbons (Fsp3) is 0.421. The Labute approximate surface area is 138 Å². The van der Waals surface area contributed by atoms with Gasteiger partial charge in [-0.15, -0.1) is 0 Å². The largest absolute Gasteiger partial charge is 0.419 e. The predicted octanol–water partition coefficient (Wildman–Crippen LogP) is 5.98. The summed E-state index contributed by atoms with van der Waals surface area (Å²) in [6.45, 7) is 4.31. The van der Waals surface area contributed by atoms with Crippen molar-refractivity contribution in [3.05, 3.63) is 53.1 Å². The SMILES string of the molecule is CC(C)[C@@H]1CCCc2c(-c3ccc(C(F)(F)F)c(F)c3)cncc21. The van der Waals surface area contributed by atoms with Gasteiger partial charge in [-0.1, -0.05) is 19.9 Å². The van der Waals surface area contributed by atoms with Crippen LogP contribution < -0.4 is 0 Å². The molecule has 1 atom stereocenters. The van der Waals surface area contributed by atoms with Gasteiger partial charge in [-0.25, -0.2) is 4.39 Å². The summed E-state index contributed by atoms with van der Waals surface area (Å²) < 4.78 is 52.2. The highest BCUT2D eigenvalue weighted by Gasteiger charge is 2.34. The van der Waals surface area contributed by atoms with E-state index in [4.69, 9.17) is 0 Å².